The van der Waals surface area contributed by atoms with Crippen LogP contribution in [-0.4, -0.2) is 56.0 Å². The Bertz CT molecular complexity index is 626. The number of aryl methyl sites for hydroxylation is 1. The maximum absolute atomic E-state index is 12.8. The Balaban J connectivity index is 1.76. The highest BCUT2D eigenvalue weighted by Crippen LogP contribution is 2.31. The molecular formula is C18H26N2O4. The van der Waals surface area contributed by atoms with Gasteiger partial charge in [0.15, 0.2) is 0 Å². The van der Waals surface area contributed by atoms with E-state index in [1.165, 1.54) is 0 Å². The second-order valence-electron chi connectivity index (χ2n) is 6.86. The molecule has 1 spiro atoms. The quantitative estimate of drug-likeness (QED) is 0.903. The fraction of sp³-hybridized carbons (Fsp3) is 0.611. The lowest BCUT2D eigenvalue weighted by Gasteiger charge is -2.42. The molecule has 6 nitrogen and oxygen atoms in total. The Morgan fingerprint density at radius 2 is 2.21 bits per heavy atom. The molecule has 3 rings (SSSR count). The first-order valence-corrected chi connectivity index (χ1v) is 8.39. The van der Waals surface area contributed by atoms with Crippen molar-refractivity contribution >= 4 is 11.7 Å². The molecule has 0 bridgehead atoms. The molecule has 132 valence electrons. The average Bonchev–Trinajstić information content (AvgIpc) is 2.97. The minimum absolute atomic E-state index is 0.000609. The number of amides is 2. The average molecular weight is 334 g/mol. The largest absolute Gasteiger partial charge is 0.496 e. The number of anilines is 1. The Morgan fingerprint density at radius 3 is 2.88 bits per heavy atom. The fourth-order valence-electron chi connectivity index (χ4n) is 3.55. The van der Waals surface area contributed by atoms with Crippen molar-refractivity contribution in [3.8, 4) is 5.75 Å². The number of nitrogens with zero attached hydrogens (tertiary/aromatic N) is 1. The molecule has 2 fully saturated rings. The van der Waals surface area contributed by atoms with Crippen molar-refractivity contribution in [3.63, 3.8) is 0 Å². The summed E-state index contributed by atoms with van der Waals surface area (Å²) in [6.45, 7) is 8.32. The van der Waals surface area contributed by atoms with Gasteiger partial charge in [-0.2, -0.15) is 0 Å². The summed E-state index contributed by atoms with van der Waals surface area (Å²) in [5, 5.41) is 3.03. The van der Waals surface area contributed by atoms with Gasteiger partial charge in [-0.3, -0.25) is 0 Å². The van der Waals surface area contributed by atoms with Gasteiger partial charge in [-0.05, 0) is 38.5 Å². The smallest absolute Gasteiger partial charge is 0.322 e. The van der Waals surface area contributed by atoms with Gasteiger partial charge in [0, 0.05) is 30.8 Å². The number of urea groups is 1. The molecule has 2 heterocycles. The van der Waals surface area contributed by atoms with Gasteiger partial charge >= 0.3 is 6.03 Å². The zero-order valence-electron chi connectivity index (χ0n) is 14.8. The Kier molecular flexibility index (Phi) is 4.69. The highest BCUT2D eigenvalue weighted by molar-refractivity contribution is 5.91. The molecule has 2 aliphatic heterocycles. The van der Waals surface area contributed by atoms with E-state index < -0.39 is 0 Å². The molecule has 2 aliphatic rings. The van der Waals surface area contributed by atoms with Crippen molar-refractivity contribution in [2.75, 3.05) is 38.7 Å². The summed E-state index contributed by atoms with van der Waals surface area (Å²) in [4.78, 5) is 14.6. The van der Waals surface area contributed by atoms with Crippen LogP contribution in [-0.2, 0) is 9.47 Å². The van der Waals surface area contributed by atoms with E-state index in [1.54, 1.807) is 7.11 Å². The standard InChI is InChI=1S/C18H26N2O4/c1-12-7-15(14(3)16(8-12)22-4)19-17(21)20-9-13(2)24-18(10-20)5-6-23-11-18/h7-8,13H,5-6,9-11H2,1-4H3,(H,19,21)/t13-,18-/m1/s1. The van der Waals surface area contributed by atoms with Crippen LogP contribution in [0.15, 0.2) is 12.1 Å². The summed E-state index contributed by atoms with van der Waals surface area (Å²) in [5.74, 6) is 0.779. The van der Waals surface area contributed by atoms with Crippen LogP contribution < -0.4 is 10.1 Å². The van der Waals surface area contributed by atoms with Crippen LogP contribution >= 0.6 is 0 Å². The lowest BCUT2D eigenvalue weighted by atomic mass is 9.99. The van der Waals surface area contributed by atoms with E-state index in [0.29, 0.717) is 26.3 Å². The lowest BCUT2D eigenvalue weighted by molar-refractivity contribution is -0.136. The van der Waals surface area contributed by atoms with Gasteiger partial charge in [0.25, 0.3) is 0 Å². The number of benzene rings is 1. The molecule has 1 aromatic rings. The van der Waals surface area contributed by atoms with Crippen LogP contribution in [0.4, 0.5) is 10.5 Å². The van der Waals surface area contributed by atoms with Crippen LogP contribution in [0.3, 0.4) is 0 Å². The molecule has 0 aliphatic carbocycles. The number of ether oxygens (including phenoxy) is 3. The van der Waals surface area contributed by atoms with Crippen molar-refractivity contribution in [1.29, 1.82) is 0 Å². The third kappa shape index (κ3) is 3.35. The number of carbonyl (C=O) groups excluding carboxylic acids is 1. The molecule has 1 N–H and O–H groups in total. The fourth-order valence-corrected chi connectivity index (χ4v) is 3.55. The first-order chi connectivity index (χ1) is 11.4. The van der Waals surface area contributed by atoms with E-state index >= 15 is 0 Å². The van der Waals surface area contributed by atoms with Crippen molar-refractivity contribution in [2.24, 2.45) is 0 Å². The molecule has 0 aromatic heterocycles. The van der Waals surface area contributed by atoms with Gasteiger partial charge in [-0.25, -0.2) is 4.79 Å². The zero-order chi connectivity index (χ0) is 17.3. The summed E-state index contributed by atoms with van der Waals surface area (Å²) in [5.41, 5.74) is 2.40. The van der Waals surface area contributed by atoms with E-state index in [-0.39, 0.29) is 17.7 Å². The summed E-state index contributed by atoms with van der Waals surface area (Å²) in [7, 11) is 1.64. The molecule has 2 amide bonds. The molecule has 0 saturated carbocycles. The molecule has 2 atom stereocenters. The highest BCUT2D eigenvalue weighted by atomic mass is 16.6. The number of carbonyl (C=O) groups is 1. The van der Waals surface area contributed by atoms with E-state index in [1.807, 2.05) is 37.8 Å². The SMILES string of the molecule is COc1cc(C)cc(NC(=O)N2C[C@@H](C)O[C@]3(CCOC3)C2)c1C. The summed E-state index contributed by atoms with van der Waals surface area (Å²) in [6.07, 6.45) is 0.831. The summed E-state index contributed by atoms with van der Waals surface area (Å²) < 4.78 is 17.0. The minimum Gasteiger partial charge on any atom is -0.496 e. The Labute approximate surface area is 143 Å². The van der Waals surface area contributed by atoms with Crippen LogP contribution in [0.5, 0.6) is 5.75 Å². The second-order valence-corrected chi connectivity index (χ2v) is 6.86. The maximum Gasteiger partial charge on any atom is 0.322 e. The van der Waals surface area contributed by atoms with Gasteiger partial charge in [0.2, 0.25) is 0 Å². The van der Waals surface area contributed by atoms with Crippen molar-refractivity contribution in [1.82, 2.24) is 4.90 Å². The van der Waals surface area contributed by atoms with Gasteiger partial charge in [0.1, 0.15) is 11.4 Å². The Morgan fingerprint density at radius 1 is 1.42 bits per heavy atom. The lowest BCUT2D eigenvalue weighted by Crippen LogP contribution is -2.57. The Hall–Kier alpha value is -1.79. The first kappa shape index (κ1) is 17.0. The summed E-state index contributed by atoms with van der Waals surface area (Å²) >= 11 is 0. The molecule has 6 heteroatoms. The monoisotopic (exact) mass is 334 g/mol. The molecular weight excluding hydrogens is 308 g/mol. The van der Waals surface area contributed by atoms with Crippen LogP contribution in [0, 0.1) is 13.8 Å². The predicted octanol–water partition coefficient (Wildman–Crippen LogP) is 2.72. The van der Waals surface area contributed by atoms with Crippen LogP contribution in [0.1, 0.15) is 24.5 Å². The zero-order valence-corrected chi connectivity index (χ0v) is 14.8. The molecule has 24 heavy (non-hydrogen) atoms. The number of methoxy groups -OCH3 is 1. The highest BCUT2D eigenvalue weighted by Gasteiger charge is 2.44. The van der Waals surface area contributed by atoms with E-state index in [0.717, 1.165) is 29.0 Å². The number of hydrogen-bond donors (Lipinski definition) is 1. The second kappa shape index (κ2) is 6.61. The van der Waals surface area contributed by atoms with E-state index in [4.69, 9.17) is 14.2 Å². The molecule has 0 unspecified atom stereocenters. The molecule has 2 saturated heterocycles. The van der Waals surface area contributed by atoms with E-state index in [9.17, 15) is 4.79 Å². The normalized spacial score (nSPS) is 26.7. The van der Waals surface area contributed by atoms with Gasteiger partial charge in [0.05, 0.1) is 26.4 Å². The van der Waals surface area contributed by atoms with Gasteiger partial charge < -0.3 is 24.4 Å². The third-order valence-electron chi connectivity index (χ3n) is 4.73. The first-order valence-electron chi connectivity index (χ1n) is 8.39. The third-order valence-corrected chi connectivity index (χ3v) is 4.73. The molecule has 1 aromatic carbocycles. The number of hydrogen-bond acceptors (Lipinski definition) is 4. The van der Waals surface area contributed by atoms with Crippen molar-refractivity contribution in [2.45, 2.75) is 38.9 Å². The van der Waals surface area contributed by atoms with Crippen LogP contribution in [0.25, 0.3) is 0 Å². The van der Waals surface area contributed by atoms with Gasteiger partial charge in [-0.1, -0.05) is 0 Å². The van der Waals surface area contributed by atoms with E-state index in [2.05, 4.69) is 5.32 Å². The summed E-state index contributed by atoms with van der Waals surface area (Å²) in [6, 6.07) is 3.83. The number of nitrogens with one attached hydrogen (secondary N) is 1. The minimum atomic E-state index is -0.353. The topological polar surface area (TPSA) is 60.0 Å². The molecule has 0 radical (unpaired) electrons. The van der Waals surface area contributed by atoms with Gasteiger partial charge in [-0.15, -0.1) is 0 Å². The van der Waals surface area contributed by atoms with Crippen molar-refractivity contribution in [3.05, 3.63) is 23.3 Å². The number of rotatable bonds is 2. The maximum atomic E-state index is 12.8. The van der Waals surface area contributed by atoms with Crippen LogP contribution in [0.2, 0.25) is 0 Å². The predicted molar refractivity (Wildman–Crippen MR) is 91.8 cm³/mol. The van der Waals surface area contributed by atoms with Crippen molar-refractivity contribution < 1.29 is 19.0 Å². The number of morpholine rings is 1.